The van der Waals surface area contributed by atoms with Gasteiger partial charge in [-0.2, -0.15) is 0 Å². The van der Waals surface area contributed by atoms with Crippen molar-refractivity contribution in [3.05, 3.63) is 35.4 Å². The van der Waals surface area contributed by atoms with Crippen molar-refractivity contribution in [2.75, 3.05) is 6.54 Å². The molecule has 1 atom stereocenters. The molecule has 1 aliphatic carbocycles. The Kier molecular flexibility index (Phi) is 2.21. The molecule has 3 rings (SSSR count). The first kappa shape index (κ1) is 9.85. The van der Waals surface area contributed by atoms with Gasteiger partial charge in [-0.25, -0.2) is 0 Å². The van der Waals surface area contributed by atoms with E-state index in [1.807, 2.05) is 29.2 Å². The van der Waals surface area contributed by atoms with Crippen LogP contribution in [0.15, 0.2) is 24.3 Å². The fourth-order valence-electron chi connectivity index (χ4n) is 2.74. The van der Waals surface area contributed by atoms with Gasteiger partial charge in [-0.3, -0.25) is 4.79 Å². The van der Waals surface area contributed by atoms with E-state index in [1.165, 1.54) is 6.42 Å². The Morgan fingerprint density at radius 3 is 2.69 bits per heavy atom. The SMILES string of the molecule is NC[C@@H]1c2ccccc2C(=O)N1C1CCC1. The molecule has 0 saturated heterocycles. The van der Waals surface area contributed by atoms with Crippen LogP contribution in [-0.4, -0.2) is 23.4 Å². The normalized spacial score (nSPS) is 24.4. The molecule has 1 aromatic rings. The minimum atomic E-state index is 0.106. The summed E-state index contributed by atoms with van der Waals surface area (Å²) >= 11 is 0. The lowest BCUT2D eigenvalue weighted by atomic mass is 9.90. The van der Waals surface area contributed by atoms with E-state index in [2.05, 4.69) is 0 Å². The predicted molar refractivity (Wildman–Crippen MR) is 62.0 cm³/mol. The quantitative estimate of drug-likeness (QED) is 0.817. The Bertz CT molecular complexity index is 426. The number of nitrogens with zero attached hydrogens (tertiary/aromatic N) is 1. The van der Waals surface area contributed by atoms with E-state index in [4.69, 9.17) is 5.73 Å². The summed E-state index contributed by atoms with van der Waals surface area (Å²) in [5.41, 5.74) is 7.79. The summed E-state index contributed by atoms with van der Waals surface area (Å²) in [5.74, 6) is 0.177. The third kappa shape index (κ3) is 1.21. The highest BCUT2D eigenvalue weighted by Crippen LogP contribution is 2.39. The Labute approximate surface area is 95.2 Å². The molecular formula is C13H16N2O. The third-order valence-electron chi connectivity index (χ3n) is 3.81. The van der Waals surface area contributed by atoms with E-state index in [0.29, 0.717) is 12.6 Å². The molecule has 0 unspecified atom stereocenters. The number of benzene rings is 1. The van der Waals surface area contributed by atoms with Crippen molar-refractivity contribution < 1.29 is 4.79 Å². The molecule has 2 aliphatic rings. The molecule has 0 aromatic heterocycles. The zero-order valence-electron chi connectivity index (χ0n) is 9.23. The number of rotatable bonds is 2. The standard InChI is InChI=1S/C13H16N2O/c14-8-12-10-6-1-2-7-11(10)13(16)15(12)9-4-3-5-9/h1-2,6-7,9,12H,3-5,8,14H2/t12-/m1/s1. The highest BCUT2D eigenvalue weighted by molar-refractivity contribution is 5.99. The number of carbonyl (C=O) groups is 1. The summed E-state index contributed by atoms with van der Waals surface area (Å²) in [7, 11) is 0. The lowest BCUT2D eigenvalue weighted by Gasteiger charge is -2.38. The molecule has 3 heteroatoms. The maximum atomic E-state index is 12.3. The van der Waals surface area contributed by atoms with E-state index in [1.54, 1.807) is 0 Å². The van der Waals surface area contributed by atoms with Crippen molar-refractivity contribution >= 4 is 5.91 Å². The predicted octanol–water partition coefficient (Wildman–Crippen LogP) is 1.69. The van der Waals surface area contributed by atoms with Crippen LogP contribution >= 0.6 is 0 Å². The molecule has 0 bridgehead atoms. The largest absolute Gasteiger partial charge is 0.328 e. The van der Waals surface area contributed by atoms with Crippen LogP contribution < -0.4 is 5.73 Å². The first-order valence-corrected chi connectivity index (χ1v) is 5.94. The van der Waals surface area contributed by atoms with Gasteiger partial charge in [-0.05, 0) is 30.9 Å². The van der Waals surface area contributed by atoms with Crippen molar-refractivity contribution in [1.29, 1.82) is 0 Å². The van der Waals surface area contributed by atoms with Crippen LogP contribution in [0.2, 0.25) is 0 Å². The van der Waals surface area contributed by atoms with Crippen molar-refractivity contribution in [3.8, 4) is 0 Å². The third-order valence-corrected chi connectivity index (χ3v) is 3.81. The molecule has 1 heterocycles. The van der Waals surface area contributed by atoms with Crippen LogP contribution in [0, 0.1) is 0 Å². The molecule has 1 fully saturated rings. The van der Waals surface area contributed by atoms with Crippen LogP contribution in [-0.2, 0) is 0 Å². The van der Waals surface area contributed by atoms with Gasteiger partial charge in [0, 0.05) is 18.2 Å². The summed E-state index contributed by atoms with van der Waals surface area (Å²) in [6.45, 7) is 0.527. The first-order valence-electron chi connectivity index (χ1n) is 5.94. The second kappa shape index (κ2) is 3.59. The summed E-state index contributed by atoms with van der Waals surface area (Å²) in [6.07, 6.45) is 3.51. The van der Waals surface area contributed by atoms with Gasteiger partial charge in [0.25, 0.3) is 5.91 Å². The smallest absolute Gasteiger partial charge is 0.255 e. The van der Waals surface area contributed by atoms with E-state index in [9.17, 15) is 4.79 Å². The second-order valence-electron chi connectivity index (χ2n) is 4.64. The number of carbonyl (C=O) groups excluding carboxylic acids is 1. The van der Waals surface area contributed by atoms with Gasteiger partial charge in [-0.15, -0.1) is 0 Å². The van der Waals surface area contributed by atoms with Gasteiger partial charge >= 0.3 is 0 Å². The summed E-state index contributed by atoms with van der Waals surface area (Å²) in [5, 5.41) is 0. The topological polar surface area (TPSA) is 46.3 Å². The van der Waals surface area contributed by atoms with Crippen molar-refractivity contribution in [2.24, 2.45) is 5.73 Å². The fraction of sp³-hybridized carbons (Fsp3) is 0.462. The van der Waals surface area contributed by atoms with Gasteiger partial charge in [0.05, 0.1) is 6.04 Å². The number of hydrogen-bond acceptors (Lipinski definition) is 2. The van der Waals surface area contributed by atoms with Crippen LogP contribution in [0.5, 0.6) is 0 Å². The van der Waals surface area contributed by atoms with Crippen molar-refractivity contribution in [1.82, 2.24) is 4.90 Å². The van der Waals surface area contributed by atoms with E-state index < -0.39 is 0 Å². The van der Waals surface area contributed by atoms with Gasteiger partial charge in [0.1, 0.15) is 0 Å². The monoisotopic (exact) mass is 216 g/mol. The zero-order chi connectivity index (χ0) is 11.1. The molecule has 1 saturated carbocycles. The highest BCUT2D eigenvalue weighted by Gasteiger charge is 2.41. The lowest BCUT2D eigenvalue weighted by Crippen LogP contribution is -2.44. The molecule has 1 aliphatic heterocycles. The number of nitrogens with two attached hydrogens (primary N) is 1. The maximum Gasteiger partial charge on any atom is 0.255 e. The molecule has 1 aromatic carbocycles. The van der Waals surface area contributed by atoms with Gasteiger partial charge in [-0.1, -0.05) is 18.2 Å². The van der Waals surface area contributed by atoms with E-state index in [-0.39, 0.29) is 11.9 Å². The Balaban J connectivity index is 2.01. The first-order chi connectivity index (χ1) is 7.83. The van der Waals surface area contributed by atoms with Crippen LogP contribution in [0.25, 0.3) is 0 Å². The second-order valence-corrected chi connectivity index (χ2v) is 4.64. The van der Waals surface area contributed by atoms with E-state index in [0.717, 1.165) is 24.0 Å². The minimum Gasteiger partial charge on any atom is -0.328 e. The minimum absolute atomic E-state index is 0.106. The lowest BCUT2D eigenvalue weighted by molar-refractivity contribution is 0.0513. The molecule has 3 nitrogen and oxygen atoms in total. The number of amides is 1. The van der Waals surface area contributed by atoms with Gasteiger partial charge in [0.2, 0.25) is 0 Å². The summed E-state index contributed by atoms with van der Waals surface area (Å²) in [6, 6.07) is 8.39. The van der Waals surface area contributed by atoms with Crippen LogP contribution in [0.4, 0.5) is 0 Å². The molecular weight excluding hydrogens is 200 g/mol. The number of fused-ring (bicyclic) bond motifs is 1. The maximum absolute atomic E-state index is 12.3. The number of hydrogen-bond donors (Lipinski definition) is 1. The Morgan fingerprint density at radius 2 is 2.06 bits per heavy atom. The van der Waals surface area contributed by atoms with E-state index >= 15 is 0 Å². The molecule has 16 heavy (non-hydrogen) atoms. The van der Waals surface area contributed by atoms with Crippen molar-refractivity contribution in [2.45, 2.75) is 31.3 Å². The molecule has 0 spiro atoms. The average molecular weight is 216 g/mol. The van der Waals surface area contributed by atoms with Crippen molar-refractivity contribution in [3.63, 3.8) is 0 Å². The Hall–Kier alpha value is -1.35. The van der Waals surface area contributed by atoms with Gasteiger partial charge in [0.15, 0.2) is 0 Å². The molecule has 0 radical (unpaired) electrons. The summed E-state index contributed by atoms with van der Waals surface area (Å²) < 4.78 is 0. The van der Waals surface area contributed by atoms with Gasteiger partial charge < -0.3 is 10.6 Å². The molecule has 2 N–H and O–H groups in total. The zero-order valence-corrected chi connectivity index (χ0v) is 9.23. The Morgan fingerprint density at radius 1 is 1.31 bits per heavy atom. The molecule has 1 amide bonds. The summed E-state index contributed by atoms with van der Waals surface area (Å²) in [4.78, 5) is 14.3. The van der Waals surface area contributed by atoms with Crippen LogP contribution in [0.3, 0.4) is 0 Å². The molecule has 84 valence electrons. The highest BCUT2D eigenvalue weighted by atomic mass is 16.2. The van der Waals surface area contributed by atoms with Crippen LogP contribution in [0.1, 0.15) is 41.2 Å². The fourth-order valence-corrected chi connectivity index (χ4v) is 2.74. The average Bonchev–Trinajstić information content (AvgIpc) is 2.51.